The van der Waals surface area contributed by atoms with Crippen LogP contribution in [0, 0.1) is 25.2 Å². The summed E-state index contributed by atoms with van der Waals surface area (Å²) in [5.74, 6) is -0.370. The molecular weight excluding hydrogens is 334 g/mol. The van der Waals surface area contributed by atoms with Gasteiger partial charge in [0.05, 0.1) is 0 Å². The van der Waals surface area contributed by atoms with Crippen molar-refractivity contribution in [3.63, 3.8) is 0 Å². The lowest BCUT2D eigenvalue weighted by atomic mass is 10.1. The van der Waals surface area contributed by atoms with Gasteiger partial charge in [0.2, 0.25) is 0 Å². The molecule has 0 aliphatic rings. The molecule has 0 bridgehead atoms. The molecule has 27 heavy (non-hydrogen) atoms. The van der Waals surface area contributed by atoms with Crippen LogP contribution in [-0.2, 0) is 11.3 Å². The van der Waals surface area contributed by atoms with E-state index in [0.717, 1.165) is 28.2 Å². The van der Waals surface area contributed by atoms with Crippen LogP contribution in [0.25, 0.3) is 11.8 Å². The van der Waals surface area contributed by atoms with Crippen molar-refractivity contribution in [1.29, 1.82) is 5.26 Å². The van der Waals surface area contributed by atoms with Gasteiger partial charge in [-0.2, -0.15) is 5.26 Å². The van der Waals surface area contributed by atoms with E-state index >= 15 is 0 Å². The Labute approximate surface area is 159 Å². The van der Waals surface area contributed by atoms with E-state index in [-0.39, 0.29) is 11.5 Å². The first-order chi connectivity index (χ1) is 13.1. The maximum atomic E-state index is 12.4. The SMILES string of the molecule is Cc1cc(C=C(C#N)C(=O)NCc2ccccc2)c(C)n1-c1ccccc1. The molecule has 0 atom stereocenters. The normalized spacial score (nSPS) is 11.1. The molecule has 0 radical (unpaired) electrons. The average Bonchev–Trinajstić information content (AvgIpc) is 2.98. The highest BCUT2D eigenvalue weighted by Crippen LogP contribution is 2.22. The first kappa shape index (κ1) is 18.2. The highest BCUT2D eigenvalue weighted by Gasteiger charge is 2.13. The quantitative estimate of drug-likeness (QED) is 0.547. The van der Waals surface area contributed by atoms with E-state index in [1.54, 1.807) is 6.08 Å². The van der Waals surface area contributed by atoms with Crippen molar-refractivity contribution < 1.29 is 4.79 Å². The van der Waals surface area contributed by atoms with Crippen LogP contribution in [-0.4, -0.2) is 10.5 Å². The number of nitrogens with zero attached hydrogens (tertiary/aromatic N) is 2. The summed E-state index contributed by atoms with van der Waals surface area (Å²) in [6.07, 6.45) is 1.65. The van der Waals surface area contributed by atoms with E-state index in [2.05, 4.69) is 9.88 Å². The Morgan fingerprint density at radius 3 is 2.33 bits per heavy atom. The number of rotatable bonds is 5. The number of benzene rings is 2. The van der Waals surface area contributed by atoms with Crippen LogP contribution in [0.1, 0.15) is 22.5 Å². The molecule has 0 saturated heterocycles. The van der Waals surface area contributed by atoms with Gasteiger partial charge in [-0.3, -0.25) is 4.79 Å². The predicted molar refractivity (Wildman–Crippen MR) is 107 cm³/mol. The molecule has 0 spiro atoms. The van der Waals surface area contributed by atoms with Gasteiger partial charge in [-0.15, -0.1) is 0 Å². The molecule has 3 aromatic rings. The fourth-order valence-electron chi connectivity index (χ4n) is 3.09. The van der Waals surface area contributed by atoms with Gasteiger partial charge in [0, 0.05) is 23.6 Å². The average molecular weight is 355 g/mol. The Bertz CT molecular complexity index is 1010. The largest absolute Gasteiger partial charge is 0.347 e. The second kappa shape index (κ2) is 8.20. The first-order valence-corrected chi connectivity index (χ1v) is 8.78. The van der Waals surface area contributed by atoms with Crippen molar-refractivity contribution in [1.82, 2.24) is 9.88 Å². The number of carbonyl (C=O) groups excluding carboxylic acids is 1. The molecule has 3 rings (SSSR count). The third-order valence-corrected chi connectivity index (χ3v) is 4.45. The zero-order valence-corrected chi connectivity index (χ0v) is 15.4. The van der Waals surface area contributed by atoms with Crippen molar-refractivity contribution in [2.45, 2.75) is 20.4 Å². The van der Waals surface area contributed by atoms with Gasteiger partial charge in [0.15, 0.2) is 0 Å². The molecule has 4 heteroatoms. The Hall–Kier alpha value is -3.58. The lowest BCUT2D eigenvalue weighted by Gasteiger charge is -2.09. The van der Waals surface area contributed by atoms with Crippen molar-refractivity contribution in [3.8, 4) is 11.8 Å². The van der Waals surface area contributed by atoms with E-state index in [9.17, 15) is 10.1 Å². The number of para-hydroxylation sites is 1. The van der Waals surface area contributed by atoms with Gasteiger partial charge >= 0.3 is 0 Å². The number of amides is 1. The van der Waals surface area contributed by atoms with E-state index in [0.29, 0.717) is 6.54 Å². The number of aromatic nitrogens is 1. The predicted octanol–water partition coefficient (Wildman–Crippen LogP) is 4.32. The van der Waals surface area contributed by atoms with Crippen molar-refractivity contribution in [3.05, 3.63) is 94.8 Å². The number of hydrogen-bond donors (Lipinski definition) is 1. The summed E-state index contributed by atoms with van der Waals surface area (Å²) in [6, 6.07) is 23.7. The van der Waals surface area contributed by atoms with Gasteiger partial charge in [0.25, 0.3) is 5.91 Å². The number of hydrogen-bond acceptors (Lipinski definition) is 2. The molecule has 0 aliphatic heterocycles. The van der Waals surface area contributed by atoms with Gasteiger partial charge < -0.3 is 9.88 Å². The zero-order valence-electron chi connectivity index (χ0n) is 15.4. The van der Waals surface area contributed by atoms with E-state index in [1.165, 1.54) is 0 Å². The lowest BCUT2D eigenvalue weighted by molar-refractivity contribution is -0.117. The minimum Gasteiger partial charge on any atom is -0.347 e. The van der Waals surface area contributed by atoms with Crippen molar-refractivity contribution >= 4 is 12.0 Å². The van der Waals surface area contributed by atoms with E-state index < -0.39 is 0 Å². The molecule has 4 nitrogen and oxygen atoms in total. The molecule has 0 unspecified atom stereocenters. The standard InChI is InChI=1S/C23H21N3O/c1-17-13-20(18(2)26(17)22-11-7-4-8-12-22)14-21(15-24)23(27)25-16-19-9-5-3-6-10-19/h3-14H,16H2,1-2H3,(H,25,27). The van der Waals surface area contributed by atoms with Crippen LogP contribution >= 0.6 is 0 Å². The molecule has 0 fully saturated rings. The minimum atomic E-state index is -0.370. The van der Waals surface area contributed by atoms with Gasteiger partial charge in [0.1, 0.15) is 11.6 Å². The highest BCUT2D eigenvalue weighted by atomic mass is 16.1. The van der Waals surface area contributed by atoms with Crippen LogP contribution in [0.5, 0.6) is 0 Å². The summed E-state index contributed by atoms with van der Waals surface area (Å²) in [5.41, 5.74) is 5.04. The minimum absolute atomic E-state index is 0.0965. The zero-order chi connectivity index (χ0) is 19.2. The Balaban J connectivity index is 1.84. The first-order valence-electron chi connectivity index (χ1n) is 8.78. The van der Waals surface area contributed by atoms with E-state index in [4.69, 9.17) is 0 Å². The van der Waals surface area contributed by atoms with Crippen LogP contribution < -0.4 is 5.32 Å². The monoisotopic (exact) mass is 355 g/mol. The summed E-state index contributed by atoms with van der Waals surface area (Å²) in [4.78, 5) is 12.4. The number of nitriles is 1. The molecule has 134 valence electrons. The molecule has 0 aliphatic carbocycles. The van der Waals surface area contributed by atoms with Crippen LogP contribution in [0.3, 0.4) is 0 Å². The van der Waals surface area contributed by atoms with E-state index in [1.807, 2.05) is 86.6 Å². The fraction of sp³-hybridized carbons (Fsp3) is 0.130. The second-order valence-corrected chi connectivity index (χ2v) is 6.34. The molecule has 2 aromatic carbocycles. The molecular formula is C23H21N3O. The van der Waals surface area contributed by atoms with Crippen molar-refractivity contribution in [2.75, 3.05) is 0 Å². The van der Waals surface area contributed by atoms with Gasteiger partial charge in [-0.1, -0.05) is 48.5 Å². The highest BCUT2D eigenvalue weighted by molar-refractivity contribution is 6.01. The second-order valence-electron chi connectivity index (χ2n) is 6.34. The van der Waals surface area contributed by atoms with Crippen LogP contribution in [0.15, 0.2) is 72.3 Å². The topological polar surface area (TPSA) is 57.8 Å². The summed E-state index contributed by atoms with van der Waals surface area (Å²) >= 11 is 0. The maximum Gasteiger partial charge on any atom is 0.262 e. The Kier molecular flexibility index (Phi) is 5.53. The number of aryl methyl sites for hydroxylation is 1. The number of nitrogens with one attached hydrogen (secondary N) is 1. The van der Waals surface area contributed by atoms with Crippen LogP contribution in [0.2, 0.25) is 0 Å². The lowest BCUT2D eigenvalue weighted by Crippen LogP contribution is -2.23. The molecule has 0 saturated carbocycles. The number of carbonyl (C=O) groups is 1. The van der Waals surface area contributed by atoms with Gasteiger partial charge in [-0.05, 0) is 49.2 Å². The van der Waals surface area contributed by atoms with Crippen molar-refractivity contribution in [2.24, 2.45) is 0 Å². The molecule has 1 aromatic heterocycles. The third-order valence-electron chi connectivity index (χ3n) is 4.45. The van der Waals surface area contributed by atoms with Gasteiger partial charge in [-0.25, -0.2) is 0 Å². The summed E-state index contributed by atoms with van der Waals surface area (Å²) < 4.78 is 2.11. The summed E-state index contributed by atoms with van der Waals surface area (Å²) in [5, 5.41) is 12.3. The maximum absolute atomic E-state index is 12.4. The third kappa shape index (κ3) is 4.16. The molecule has 1 N–H and O–H groups in total. The van der Waals surface area contributed by atoms with Crippen LogP contribution in [0.4, 0.5) is 0 Å². The molecule has 1 amide bonds. The molecule has 1 heterocycles. The fourth-order valence-corrected chi connectivity index (χ4v) is 3.09. The Morgan fingerprint density at radius 2 is 1.70 bits per heavy atom. The smallest absolute Gasteiger partial charge is 0.262 e. The summed E-state index contributed by atoms with van der Waals surface area (Å²) in [6.45, 7) is 4.39. The Morgan fingerprint density at radius 1 is 1.07 bits per heavy atom. The summed E-state index contributed by atoms with van der Waals surface area (Å²) in [7, 11) is 0.